The van der Waals surface area contributed by atoms with Gasteiger partial charge < -0.3 is 17.7 Å². The molecule has 0 atom stereocenters. The number of hydrogen-bond acceptors (Lipinski definition) is 1. The fourth-order valence-electron chi connectivity index (χ4n) is 1.91. The maximum atomic E-state index is 12.3. The number of rotatable bonds is 4. The monoisotopic (exact) mass is 241 g/mol. The zero-order valence-electron chi connectivity index (χ0n) is 9.39. The molecule has 1 aromatic carbocycles. The molecule has 1 nitrogen and oxygen atoms in total. The lowest BCUT2D eigenvalue weighted by atomic mass is 9.81. The smallest absolute Gasteiger partial charge is 0.492 e. The van der Waals surface area contributed by atoms with E-state index in [9.17, 15) is 12.9 Å². The lowest BCUT2D eigenvalue weighted by Crippen LogP contribution is -2.23. The van der Waals surface area contributed by atoms with Crippen molar-refractivity contribution >= 4 is 6.98 Å². The molecule has 1 aromatic rings. The first-order valence-corrected chi connectivity index (χ1v) is 5.59. The fraction of sp³-hybridized carbons (Fsp3) is 0.333. The Kier molecular flexibility index (Phi) is 3.18. The van der Waals surface area contributed by atoms with Crippen LogP contribution < -0.4 is 4.74 Å². The Hall–Kier alpha value is -1.39. The summed E-state index contributed by atoms with van der Waals surface area (Å²) in [6.07, 6.45) is 3.14. The first-order chi connectivity index (χ1) is 7.97. The molecule has 0 N–H and O–H groups in total. The van der Waals surface area contributed by atoms with E-state index in [2.05, 4.69) is 6.58 Å². The molecule has 0 aromatic heterocycles. The maximum absolute atomic E-state index is 12.3. The normalized spacial score (nSPS) is 14.5. The van der Waals surface area contributed by atoms with Crippen LogP contribution in [-0.2, 0) is 12.8 Å². The largest absolute Gasteiger partial charge is 0.508 e. The summed E-state index contributed by atoms with van der Waals surface area (Å²) in [7, 11) is 0. The second kappa shape index (κ2) is 4.47. The van der Waals surface area contributed by atoms with Crippen molar-refractivity contribution in [2.75, 3.05) is 6.61 Å². The molecule has 0 heterocycles. The Labute approximate surface area is 98.3 Å². The number of benzene rings is 1. The minimum atomic E-state index is -5.00. The molecule has 0 radical (unpaired) electrons. The lowest BCUT2D eigenvalue weighted by molar-refractivity contribution is 0.346. The molecule has 0 unspecified atom stereocenters. The van der Waals surface area contributed by atoms with Crippen LogP contribution in [0.3, 0.4) is 0 Å². The Morgan fingerprint density at radius 2 is 1.94 bits per heavy atom. The molecule has 0 aliphatic heterocycles. The van der Waals surface area contributed by atoms with Gasteiger partial charge in [0.1, 0.15) is 5.75 Å². The molecule has 5 heteroatoms. The van der Waals surface area contributed by atoms with E-state index in [1.807, 2.05) is 12.1 Å². The van der Waals surface area contributed by atoms with Crippen LogP contribution in [-0.4, -0.2) is 13.6 Å². The summed E-state index contributed by atoms with van der Waals surface area (Å²) >= 11 is 0. The van der Waals surface area contributed by atoms with Gasteiger partial charge in [-0.25, -0.2) is 0 Å². The summed E-state index contributed by atoms with van der Waals surface area (Å²) < 4.78 is 41.9. The Bertz CT molecular complexity index is 440. The van der Waals surface area contributed by atoms with E-state index in [1.54, 1.807) is 6.07 Å². The highest BCUT2D eigenvalue weighted by Crippen LogP contribution is 2.27. The number of hydrogen-bond donors (Lipinski definition) is 0. The van der Waals surface area contributed by atoms with Crippen LogP contribution in [0.2, 0.25) is 0 Å². The molecule has 0 fully saturated rings. The highest BCUT2D eigenvalue weighted by atomic mass is 19.4. The van der Waals surface area contributed by atoms with Crippen molar-refractivity contribution in [3.05, 3.63) is 41.4 Å². The summed E-state index contributed by atoms with van der Waals surface area (Å²) in [5.74, 6) is 0.492. The van der Waals surface area contributed by atoms with E-state index in [1.165, 1.54) is 11.1 Å². The van der Waals surface area contributed by atoms with Crippen LogP contribution in [0.4, 0.5) is 12.9 Å². The summed E-state index contributed by atoms with van der Waals surface area (Å²) in [6, 6.07) is 5.49. The predicted molar refractivity (Wildman–Crippen MR) is 62.2 cm³/mol. The van der Waals surface area contributed by atoms with E-state index >= 15 is 0 Å². The van der Waals surface area contributed by atoms with E-state index in [0.29, 0.717) is 5.75 Å². The van der Waals surface area contributed by atoms with Gasteiger partial charge in [-0.1, -0.05) is 6.07 Å². The summed E-state index contributed by atoms with van der Waals surface area (Å²) in [4.78, 5) is 0. The summed E-state index contributed by atoms with van der Waals surface area (Å²) in [6.45, 7) is -2.49. The summed E-state index contributed by atoms with van der Waals surface area (Å²) in [5.41, 5.74) is 1.66. The van der Waals surface area contributed by atoms with Crippen molar-refractivity contribution < 1.29 is 17.7 Å². The van der Waals surface area contributed by atoms with E-state index < -0.39 is 19.1 Å². The van der Waals surface area contributed by atoms with Gasteiger partial charge in [0.05, 0.1) is 6.61 Å². The first kappa shape index (κ1) is 12.1. The van der Waals surface area contributed by atoms with Crippen LogP contribution in [0.5, 0.6) is 5.75 Å². The van der Waals surface area contributed by atoms with Gasteiger partial charge in [0.15, 0.2) is 0 Å². The van der Waals surface area contributed by atoms with Gasteiger partial charge in [-0.3, -0.25) is 0 Å². The number of ether oxygens (including phenoxy) is 1. The quantitative estimate of drug-likeness (QED) is 0.733. The second-order valence-corrected chi connectivity index (χ2v) is 4.31. The number of aryl methyl sites for hydroxylation is 2. The molecule has 1 aliphatic carbocycles. The van der Waals surface area contributed by atoms with Gasteiger partial charge in [0, 0.05) is 0 Å². The Morgan fingerprint density at radius 1 is 1.24 bits per heavy atom. The van der Waals surface area contributed by atoms with Crippen molar-refractivity contribution in [3.63, 3.8) is 0 Å². The van der Waals surface area contributed by atoms with E-state index in [-0.39, 0.29) is 0 Å². The molecule has 17 heavy (non-hydrogen) atoms. The molecule has 0 amide bonds. The van der Waals surface area contributed by atoms with Gasteiger partial charge in [-0.05, 0) is 42.5 Å². The van der Waals surface area contributed by atoms with Crippen LogP contribution in [0, 0.1) is 0 Å². The Morgan fingerprint density at radius 3 is 2.65 bits per heavy atom. The van der Waals surface area contributed by atoms with Gasteiger partial charge in [-0.15, -0.1) is 12.1 Å². The number of halogens is 3. The molecular weight excluding hydrogens is 228 g/mol. The van der Waals surface area contributed by atoms with Gasteiger partial charge >= 0.3 is 6.98 Å². The minimum Gasteiger partial charge on any atom is -0.492 e. The lowest BCUT2D eigenvalue weighted by Gasteiger charge is -2.18. The second-order valence-electron chi connectivity index (χ2n) is 4.31. The van der Waals surface area contributed by atoms with Crippen LogP contribution in [0.15, 0.2) is 30.3 Å². The van der Waals surface area contributed by atoms with Crippen molar-refractivity contribution in [3.8, 4) is 5.75 Å². The van der Waals surface area contributed by atoms with Crippen LogP contribution in [0.1, 0.15) is 17.5 Å². The summed E-state index contributed by atoms with van der Waals surface area (Å²) in [5, 5.41) is 0. The standard InChI is InChI=1S/C12H13BF3O/c1-9(13(14,15)16)8-17-12-6-5-10-3-2-4-11(10)7-12/h5-7H,1-4,8H2/q-1. The number of fused-ring (bicyclic) bond motifs is 1. The van der Waals surface area contributed by atoms with Crippen molar-refractivity contribution in [2.45, 2.75) is 19.3 Å². The third kappa shape index (κ3) is 2.84. The zero-order chi connectivity index (χ0) is 12.5. The highest BCUT2D eigenvalue weighted by molar-refractivity contribution is 6.66. The van der Waals surface area contributed by atoms with Gasteiger partial charge in [-0.2, -0.15) is 0 Å². The Balaban J connectivity index is 1.98. The topological polar surface area (TPSA) is 9.23 Å². The molecule has 2 rings (SSSR count). The molecular formula is C12H13BF3O-. The van der Waals surface area contributed by atoms with E-state index in [4.69, 9.17) is 4.74 Å². The van der Waals surface area contributed by atoms with Gasteiger partial charge in [0.25, 0.3) is 0 Å². The zero-order valence-corrected chi connectivity index (χ0v) is 9.39. The SMILES string of the molecule is C=C(COc1ccc2c(c1)CCC2)[B-](F)(F)F. The van der Waals surface area contributed by atoms with Crippen molar-refractivity contribution in [1.29, 1.82) is 0 Å². The highest BCUT2D eigenvalue weighted by Gasteiger charge is 2.27. The molecule has 0 saturated carbocycles. The predicted octanol–water partition coefficient (Wildman–Crippen LogP) is 3.50. The molecule has 0 saturated heterocycles. The molecule has 0 spiro atoms. The average molecular weight is 241 g/mol. The van der Waals surface area contributed by atoms with Crippen molar-refractivity contribution in [1.82, 2.24) is 0 Å². The minimum absolute atomic E-state index is 0.484. The third-order valence-corrected chi connectivity index (χ3v) is 2.96. The first-order valence-electron chi connectivity index (χ1n) is 5.59. The molecule has 1 aliphatic rings. The average Bonchev–Trinajstić information content (AvgIpc) is 2.71. The van der Waals surface area contributed by atoms with Gasteiger partial charge in [0.2, 0.25) is 0 Å². The van der Waals surface area contributed by atoms with Crippen molar-refractivity contribution in [2.24, 2.45) is 0 Å². The van der Waals surface area contributed by atoms with Crippen LogP contribution >= 0.6 is 0 Å². The van der Waals surface area contributed by atoms with E-state index in [0.717, 1.165) is 19.3 Å². The maximum Gasteiger partial charge on any atom is 0.508 e. The molecule has 92 valence electrons. The van der Waals surface area contributed by atoms with Crippen LogP contribution in [0.25, 0.3) is 0 Å². The fourth-order valence-corrected chi connectivity index (χ4v) is 1.91. The third-order valence-electron chi connectivity index (χ3n) is 2.96. The molecule has 0 bridgehead atoms.